The smallest absolute Gasteiger partial charge is 0.306 e. The van der Waals surface area contributed by atoms with Crippen LogP contribution in [0.4, 0.5) is 5.69 Å². The Kier molecular flexibility index (Phi) is 4.09. The van der Waals surface area contributed by atoms with Crippen LogP contribution in [0.2, 0.25) is 0 Å². The Morgan fingerprint density at radius 3 is 2.56 bits per heavy atom. The monoisotopic (exact) mass is 487 g/mol. The lowest BCUT2D eigenvalue weighted by molar-refractivity contribution is -0.163. The topological polar surface area (TPSA) is 45.1 Å². The number of hydrazone groups is 1. The highest BCUT2D eigenvalue weighted by atomic mass is 79.9. The summed E-state index contributed by atoms with van der Waals surface area (Å²) in [7, 11) is 1.81. The number of hydrogen-bond donors (Lipinski definition) is 0. The minimum Gasteiger partial charge on any atom is -0.453 e. The molecule has 3 aliphatic heterocycles. The molecule has 3 aromatic rings. The average molecular weight is 488 g/mol. The number of carbonyl (C=O) groups is 1. The van der Waals surface area contributed by atoms with Crippen molar-refractivity contribution in [2.24, 2.45) is 5.10 Å². The van der Waals surface area contributed by atoms with E-state index in [1.807, 2.05) is 36.2 Å². The van der Waals surface area contributed by atoms with Crippen molar-refractivity contribution in [3.63, 3.8) is 0 Å². The maximum absolute atomic E-state index is 13.8. The fourth-order valence-corrected chi connectivity index (χ4v) is 5.41. The molecule has 1 amide bonds. The number of halogens is 1. The zero-order valence-corrected chi connectivity index (χ0v) is 19.7. The number of hydrogen-bond acceptors (Lipinski definition) is 4. The first-order valence-corrected chi connectivity index (χ1v) is 11.5. The fraction of sp³-hybridized carbons (Fsp3) is 0.231. The van der Waals surface area contributed by atoms with Crippen molar-refractivity contribution in [3.8, 4) is 5.75 Å². The number of ether oxygens (including phenoxy) is 1. The van der Waals surface area contributed by atoms with Crippen LogP contribution in [-0.2, 0) is 10.5 Å². The molecule has 0 N–H and O–H groups in total. The molecule has 6 heteroatoms. The number of nitrogens with zero attached hydrogens (tertiary/aromatic N) is 3. The van der Waals surface area contributed by atoms with E-state index >= 15 is 0 Å². The van der Waals surface area contributed by atoms with Gasteiger partial charge in [-0.3, -0.25) is 4.79 Å². The van der Waals surface area contributed by atoms with Crippen molar-refractivity contribution in [2.45, 2.75) is 32.0 Å². The van der Waals surface area contributed by atoms with Gasteiger partial charge in [0.05, 0.1) is 23.0 Å². The second kappa shape index (κ2) is 6.69. The summed E-state index contributed by atoms with van der Waals surface area (Å²) < 4.78 is 7.60. The van der Waals surface area contributed by atoms with E-state index in [9.17, 15) is 4.79 Å². The van der Waals surface area contributed by atoms with Crippen LogP contribution in [0.25, 0.3) is 0 Å². The summed E-state index contributed by atoms with van der Waals surface area (Å²) in [6.07, 6.45) is 0.704. The molecule has 6 rings (SSSR count). The summed E-state index contributed by atoms with van der Waals surface area (Å²) in [6, 6.07) is 20.3. The van der Waals surface area contributed by atoms with Crippen LogP contribution in [0.3, 0.4) is 0 Å². The molecule has 1 spiro atoms. The van der Waals surface area contributed by atoms with Crippen LogP contribution in [-0.4, -0.2) is 23.7 Å². The lowest BCUT2D eigenvalue weighted by atomic mass is 9.92. The van der Waals surface area contributed by atoms with Gasteiger partial charge in [-0.2, -0.15) is 5.10 Å². The van der Waals surface area contributed by atoms with Crippen molar-refractivity contribution < 1.29 is 9.53 Å². The third-order valence-electron chi connectivity index (χ3n) is 6.68. The van der Waals surface area contributed by atoms with Gasteiger partial charge in [0.25, 0.3) is 5.91 Å². The molecular weight excluding hydrogens is 466 g/mol. The van der Waals surface area contributed by atoms with Gasteiger partial charge in [-0.25, -0.2) is 5.01 Å². The van der Waals surface area contributed by atoms with E-state index in [0.717, 1.165) is 43.9 Å². The molecule has 0 bridgehead atoms. The number of fused-ring (bicyclic) bond motifs is 6. The quantitative estimate of drug-likeness (QED) is 0.459. The molecule has 0 saturated heterocycles. The lowest BCUT2D eigenvalue weighted by Crippen LogP contribution is -2.56. The minimum atomic E-state index is -1.31. The third-order valence-corrected chi connectivity index (χ3v) is 7.17. The van der Waals surface area contributed by atoms with Gasteiger partial charge in [0, 0.05) is 23.5 Å². The van der Waals surface area contributed by atoms with Crippen LogP contribution in [0.15, 0.2) is 70.2 Å². The van der Waals surface area contributed by atoms with Crippen molar-refractivity contribution in [3.05, 3.63) is 93.0 Å². The van der Waals surface area contributed by atoms with E-state index in [-0.39, 0.29) is 11.9 Å². The van der Waals surface area contributed by atoms with E-state index in [0.29, 0.717) is 6.42 Å². The maximum Gasteiger partial charge on any atom is 0.306 e. The van der Waals surface area contributed by atoms with Gasteiger partial charge in [0.15, 0.2) is 0 Å². The number of benzene rings is 3. The first-order valence-electron chi connectivity index (χ1n) is 10.7. The molecule has 5 nitrogen and oxygen atoms in total. The van der Waals surface area contributed by atoms with Crippen molar-refractivity contribution >= 4 is 33.2 Å². The van der Waals surface area contributed by atoms with Crippen LogP contribution in [0.5, 0.6) is 5.75 Å². The highest BCUT2D eigenvalue weighted by Gasteiger charge is 2.62. The molecule has 0 aliphatic carbocycles. The number of aryl methyl sites for hydroxylation is 2. The largest absolute Gasteiger partial charge is 0.453 e. The Morgan fingerprint density at radius 1 is 1.03 bits per heavy atom. The summed E-state index contributed by atoms with van der Waals surface area (Å²) in [4.78, 5) is 15.5. The van der Waals surface area contributed by atoms with Crippen LogP contribution < -0.4 is 9.64 Å². The van der Waals surface area contributed by atoms with Crippen LogP contribution in [0.1, 0.15) is 40.3 Å². The molecule has 3 aliphatic rings. The number of likely N-dealkylation sites (N-methyl/N-ethyl adjacent to an activating group) is 1. The molecule has 0 fully saturated rings. The fourth-order valence-electron chi connectivity index (χ4n) is 5.03. The summed E-state index contributed by atoms with van der Waals surface area (Å²) >= 11 is 3.60. The summed E-state index contributed by atoms with van der Waals surface area (Å²) in [6.45, 7) is 4.11. The van der Waals surface area contributed by atoms with Crippen molar-refractivity contribution in [2.75, 3.05) is 11.9 Å². The van der Waals surface area contributed by atoms with Crippen LogP contribution >= 0.6 is 15.9 Å². The predicted molar refractivity (Wildman–Crippen MR) is 128 cm³/mol. The molecule has 3 heterocycles. The summed E-state index contributed by atoms with van der Waals surface area (Å²) in [5, 5.41) is 6.95. The van der Waals surface area contributed by atoms with Gasteiger partial charge in [0.2, 0.25) is 0 Å². The van der Waals surface area contributed by atoms with Gasteiger partial charge in [-0.1, -0.05) is 57.4 Å². The highest BCUT2D eigenvalue weighted by molar-refractivity contribution is 9.10. The highest BCUT2D eigenvalue weighted by Crippen LogP contribution is 2.55. The number of rotatable bonds is 1. The Hall–Kier alpha value is -3.12. The molecule has 160 valence electrons. The molecule has 0 unspecified atom stereocenters. The molecular formula is C26H22BrN3O2. The van der Waals surface area contributed by atoms with E-state index in [1.54, 1.807) is 11.9 Å². The normalized spacial score (nSPS) is 23.1. The van der Waals surface area contributed by atoms with Crippen molar-refractivity contribution in [1.29, 1.82) is 0 Å². The predicted octanol–water partition coefficient (Wildman–Crippen LogP) is 5.44. The zero-order valence-electron chi connectivity index (χ0n) is 18.1. The lowest BCUT2D eigenvalue weighted by Gasteiger charge is -2.44. The van der Waals surface area contributed by atoms with Gasteiger partial charge in [-0.05, 0) is 49.7 Å². The average Bonchev–Trinajstić information content (AvgIpc) is 3.31. The molecule has 3 aromatic carbocycles. The second-order valence-electron chi connectivity index (χ2n) is 8.79. The van der Waals surface area contributed by atoms with Crippen molar-refractivity contribution in [1.82, 2.24) is 5.01 Å². The Balaban J connectivity index is 1.59. The standard InChI is InChI=1S/C26H22BrN3O2/c1-15-4-7-17(8-5-15)21-14-23-19-13-18(27)9-11-24(19)32-26(30(23)28-21)20-12-16(2)6-10-22(20)29(3)25(26)31/h4-13,23H,14H2,1-3H3/t23-,26+/m0/s1. The van der Waals surface area contributed by atoms with E-state index < -0.39 is 5.72 Å². The third kappa shape index (κ3) is 2.56. The Labute approximate surface area is 195 Å². The Bertz CT molecular complexity index is 1320. The van der Waals surface area contributed by atoms with E-state index in [2.05, 4.69) is 59.3 Å². The number of amides is 1. The molecule has 0 aromatic heterocycles. The van der Waals surface area contributed by atoms with Gasteiger partial charge in [-0.15, -0.1) is 0 Å². The molecule has 32 heavy (non-hydrogen) atoms. The van der Waals surface area contributed by atoms with Gasteiger partial charge >= 0.3 is 5.72 Å². The van der Waals surface area contributed by atoms with Gasteiger partial charge < -0.3 is 9.64 Å². The second-order valence-corrected chi connectivity index (χ2v) is 9.71. The van der Waals surface area contributed by atoms with Crippen LogP contribution in [0, 0.1) is 13.8 Å². The van der Waals surface area contributed by atoms with E-state index in [4.69, 9.17) is 9.84 Å². The molecule has 0 saturated carbocycles. The summed E-state index contributed by atoms with van der Waals surface area (Å²) in [5.41, 5.74) is 5.74. The minimum absolute atomic E-state index is 0.101. The maximum atomic E-state index is 13.8. The van der Waals surface area contributed by atoms with E-state index in [1.165, 1.54) is 5.56 Å². The summed E-state index contributed by atoms with van der Waals surface area (Å²) in [5.74, 6) is 0.608. The Morgan fingerprint density at radius 2 is 1.78 bits per heavy atom. The SMILES string of the molecule is Cc1ccc(C2=NN3[C@@H](C2)c2cc(Br)ccc2O[C@]32C(=O)N(C)c3ccc(C)cc32)cc1. The zero-order chi connectivity index (χ0) is 22.2. The first kappa shape index (κ1) is 19.6. The number of carbonyl (C=O) groups excluding carboxylic acids is 1. The van der Waals surface area contributed by atoms with Gasteiger partial charge in [0.1, 0.15) is 5.75 Å². The number of anilines is 1. The molecule has 2 atom stereocenters. The first-order chi connectivity index (χ1) is 15.4. The molecule has 0 radical (unpaired) electrons.